The van der Waals surface area contributed by atoms with E-state index in [9.17, 15) is 0 Å². The predicted octanol–water partition coefficient (Wildman–Crippen LogP) is 4.41. The number of hydrogen-bond acceptors (Lipinski definition) is 1. The van der Waals surface area contributed by atoms with Crippen LogP contribution in [0.15, 0.2) is 28.7 Å². The van der Waals surface area contributed by atoms with Crippen LogP contribution in [0.4, 0.5) is 0 Å². The second kappa shape index (κ2) is 6.55. The molecule has 17 heavy (non-hydrogen) atoms. The number of benzene rings is 1. The smallest absolute Gasteiger partial charge is 0.0207 e. The molecule has 1 nitrogen and oxygen atoms in total. The molecule has 1 unspecified atom stereocenters. The molecule has 0 aliphatic heterocycles. The first kappa shape index (κ1) is 14.7. The van der Waals surface area contributed by atoms with Gasteiger partial charge in [0, 0.05) is 10.5 Å². The largest absolute Gasteiger partial charge is 0.317 e. The predicted molar refractivity (Wildman–Crippen MR) is 79.4 cm³/mol. The molecular formula is C15H24BrN. The fraction of sp³-hybridized carbons (Fsp3) is 0.600. The van der Waals surface area contributed by atoms with Gasteiger partial charge in [-0.2, -0.15) is 0 Å². The van der Waals surface area contributed by atoms with E-state index in [0.717, 1.165) is 6.42 Å². The Morgan fingerprint density at radius 3 is 2.41 bits per heavy atom. The molecule has 0 bridgehead atoms. The summed E-state index contributed by atoms with van der Waals surface area (Å²) >= 11 is 3.62. The van der Waals surface area contributed by atoms with Crippen molar-refractivity contribution in [2.45, 2.75) is 46.1 Å². The Morgan fingerprint density at radius 1 is 1.24 bits per heavy atom. The summed E-state index contributed by atoms with van der Waals surface area (Å²) in [5, 5.41) is 3.43. The van der Waals surface area contributed by atoms with Gasteiger partial charge < -0.3 is 5.32 Å². The van der Waals surface area contributed by atoms with Crippen LogP contribution in [0.5, 0.6) is 0 Å². The van der Waals surface area contributed by atoms with Crippen LogP contribution in [0.25, 0.3) is 0 Å². The van der Waals surface area contributed by atoms with E-state index in [1.54, 1.807) is 0 Å². The molecule has 0 spiro atoms. The summed E-state index contributed by atoms with van der Waals surface area (Å²) in [5.74, 6) is 0. The lowest BCUT2D eigenvalue weighted by Gasteiger charge is -2.23. The van der Waals surface area contributed by atoms with Crippen molar-refractivity contribution < 1.29 is 0 Å². The van der Waals surface area contributed by atoms with Gasteiger partial charge in [0.1, 0.15) is 0 Å². The molecule has 96 valence electrons. The summed E-state index contributed by atoms with van der Waals surface area (Å²) < 4.78 is 1.22. The minimum absolute atomic E-state index is 0.420. The zero-order chi connectivity index (χ0) is 12.9. The van der Waals surface area contributed by atoms with Gasteiger partial charge >= 0.3 is 0 Å². The first-order valence-electron chi connectivity index (χ1n) is 6.33. The van der Waals surface area contributed by atoms with Crippen LogP contribution in [0, 0.1) is 5.41 Å². The SMILES string of the molecule is CNC(CCC(C)(C)C)Cc1ccccc1Br. The van der Waals surface area contributed by atoms with E-state index >= 15 is 0 Å². The maximum atomic E-state index is 3.62. The summed E-state index contributed by atoms with van der Waals surface area (Å²) in [7, 11) is 2.06. The summed E-state index contributed by atoms with van der Waals surface area (Å²) in [6.07, 6.45) is 3.57. The topological polar surface area (TPSA) is 12.0 Å². The standard InChI is InChI=1S/C15H24BrN/c1-15(2,3)10-9-13(17-4)11-12-7-5-6-8-14(12)16/h5-8,13,17H,9-11H2,1-4H3. The molecule has 0 aliphatic carbocycles. The maximum Gasteiger partial charge on any atom is 0.0207 e. The van der Waals surface area contributed by atoms with Crippen LogP contribution in [0.3, 0.4) is 0 Å². The second-order valence-corrected chi connectivity index (χ2v) is 6.73. The Morgan fingerprint density at radius 2 is 1.88 bits per heavy atom. The van der Waals surface area contributed by atoms with Crippen molar-refractivity contribution in [2.75, 3.05) is 7.05 Å². The fourth-order valence-electron chi connectivity index (χ4n) is 1.89. The van der Waals surface area contributed by atoms with E-state index in [0.29, 0.717) is 11.5 Å². The van der Waals surface area contributed by atoms with Crippen LogP contribution in [-0.2, 0) is 6.42 Å². The molecule has 1 aromatic rings. The van der Waals surface area contributed by atoms with Gasteiger partial charge in [-0.05, 0) is 43.4 Å². The molecule has 0 radical (unpaired) electrons. The highest BCUT2D eigenvalue weighted by molar-refractivity contribution is 9.10. The summed E-state index contributed by atoms with van der Waals surface area (Å²) in [4.78, 5) is 0. The molecule has 1 N–H and O–H groups in total. The Hall–Kier alpha value is -0.340. The number of nitrogens with one attached hydrogen (secondary N) is 1. The Labute approximate surface area is 114 Å². The highest BCUT2D eigenvalue weighted by atomic mass is 79.9. The first-order valence-corrected chi connectivity index (χ1v) is 7.12. The van der Waals surface area contributed by atoms with Crippen molar-refractivity contribution in [1.82, 2.24) is 5.32 Å². The highest BCUT2D eigenvalue weighted by Gasteiger charge is 2.15. The van der Waals surface area contributed by atoms with Gasteiger partial charge in [0.05, 0.1) is 0 Å². The van der Waals surface area contributed by atoms with E-state index in [-0.39, 0.29) is 0 Å². The maximum absolute atomic E-state index is 3.62. The van der Waals surface area contributed by atoms with E-state index < -0.39 is 0 Å². The molecule has 0 aliphatic rings. The van der Waals surface area contributed by atoms with Crippen molar-refractivity contribution >= 4 is 15.9 Å². The monoisotopic (exact) mass is 297 g/mol. The van der Waals surface area contributed by atoms with Crippen molar-refractivity contribution in [3.63, 3.8) is 0 Å². The van der Waals surface area contributed by atoms with E-state index in [1.807, 2.05) is 0 Å². The molecule has 0 amide bonds. The number of hydrogen-bond donors (Lipinski definition) is 1. The van der Waals surface area contributed by atoms with Crippen LogP contribution in [-0.4, -0.2) is 13.1 Å². The zero-order valence-electron chi connectivity index (χ0n) is 11.4. The van der Waals surface area contributed by atoms with Crippen LogP contribution >= 0.6 is 15.9 Å². The quantitative estimate of drug-likeness (QED) is 0.849. The Kier molecular flexibility index (Phi) is 5.68. The molecular weight excluding hydrogens is 274 g/mol. The molecule has 0 fully saturated rings. The van der Waals surface area contributed by atoms with E-state index in [4.69, 9.17) is 0 Å². The average molecular weight is 298 g/mol. The molecule has 1 atom stereocenters. The lowest BCUT2D eigenvalue weighted by atomic mass is 9.87. The van der Waals surface area contributed by atoms with Crippen LogP contribution in [0.1, 0.15) is 39.2 Å². The van der Waals surface area contributed by atoms with Crippen molar-refractivity contribution in [3.05, 3.63) is 34.3 Å². The minimum atomic E-state index is 0.420. The third-order valence-corrected chi connectivity index (χ3v) is 3.85. The summed E-state index contributed by atoms with van der Waals surface area (Å²) in [6, 6.07) is 9.05. The third kappa shape index (κ3) is 5.69. The fourth-order valence-corrected chi connectivity index (χ4v) is 2.33. The zero-order valence-corrected chi connectivity index (χ0v) is 13.0. The van der Waals surface area contributed by atoms with Gasteiger partial charge in [-0.1, -0.05) is 54.9 Å². The number of rotatable bonds is 5. The van der Waals surface area contributed by atoms with Gasteiger partial charge in [0.2, 0.25) is 0 Å². The van der Waals surface area contributed by atoms with Gasteiger partial charge in [-0.3, -0.25) is 0 Å². The first-order chi connectivity index (χ1) is 7.92. The molecule has 2 heteroatoms. The molecule has 1 aromatic carbocycles. The Balaban J connectivity index is 2.56. The van der Waals surface area contributed by atoms with Gasteiger partial charge in [0.15, 0.2) is 0 Å². The van der Waals surface area contributed by atoms with Crippen molar-refractivity contribution in [1.29, 1.82) is 0 Å². The lowest BCUT2D eigenvalue weighted by molar-refractivity contribution is 0.334. The molecule has 0 saturated carbocycles. The van der Waals surface area contributed by atoms with Crippen molar-refractivity contribution in [2.24, 2.45) is 5.41 Å². The minimum Gasteiger partial charge on any atom is -0.317 e. The normalized spacial score (nSPS) is 13.7. The van der Waals surface area contributed by atoms with Gasteiger partial charge in [-0.25, -0.2) is 0 Å². The average Bonchev–Trinajstić information content (AvgIpc) is 2.25. The lowest BCUT2D eigenvalue weighted by Crippen LogP contribution is -2.29. The molecule has 0 aromatic heterocycles. The molecule has 0 saturated heterocycles. The van der Waals surface area contributed by atoms with Gasteiger partial charge in [-0.15, -0.1) is 0 Å². The van der Waals surface area contributed by atoms with E-state index in [1.165, 1.54) is 22.9 Å². The van der Waals surface area contributed by atoms with E-state index in [2.05, 4.69) is 73.3 Å². The van der Waals surface area contributed by atoms with Crippen LogP contribution < -0.4 is 5.32 Å². The summed E-state index contributed by atoms with van der Waals surface area (Å²) in [5.41, 5.74) is 1.81. The summed E-state index contributed by atoms with van der Waals surface area (Å²) in [6.45, 7) is 6.91. The second-order valence-electron chi connectivity index (χ2n) is 5.88. The number of halogens is 1. The Bertz CT molecular complexity index is 341. The van der Waals surface area contributed by atoms with Crippen molar-refractivity contribution in [3.8, 4) is 0 Å². The van der Waals surface area contributed by atoms with Gasteiger partial charge in [0.25, 0.3) is 0 Å². The third-order valence-electron chi connectivity index (χ3n) is 3.08. The molecule has 1 rings (SSSR count). The van der Waals surface area contributed by atoms with Crippen LogP contribution in [0.2, 0.25) is 0 Å². The number of likely N-dealkylation sites (N-methyl/N-ethyl adjacent to an activating group) is 1. The highest BCUT2D eigenvalue weighted by Crippen LogP contribution is 2.24. The molecule has 0 heterocycles.